The first kappa shape index (κ1) is 22.5. The molecule has 0 aliphatic carbocycles. The van der Waals surface area contributed by atoms with Crippen LogP contribution in [0.5, 0.6) is 5.75 Å². The quantitative estimate of drug-likeness (QED) is 0.354. The minimum atomic E-state index is -3.77. The van der Waals surface area contributed by atoms with Gasteiger partial charge in [0.05, 0.1) is 27.9 Å². The van der Waals surface area contributed by atoms with E-state index < -0.39 is 10.0 Å². The number of amides is 1. The van der Waals surface area contributed by atoms with Gasteiger partial charge in [-0.05, 0) is 48.9 Å². The lowest BCUT2D eigenvalue weighted by Gasteiger charge is -2.06. The highest BCUT2D eigenvalue weighted by molar-refractivity contribution is 7.93. The van der Waals surface area contributed by atoms with Crippen LogP contribution in [0.15, 0.2) is 52.7 Å². The third-order valence-corrected chi connectivity index (χ3v) is 7.81. The Morgan fingerprint density at radius 3 is 2.66 bits per heavy atom. The van der Waals surface area contributed by atoms with Crippen LogP contribution < -0.4 is 14.8 Å². The number of halogens is 1. The smallest absolute Gasteiger partial charge is 0.263 e. The summed E-state index contributed by atoms with van der Waals surface area (Å²) < 4.78 is 33.4. The first-order valence-corrected chi connectivity index (χ1v) is 12.9. The molecule has 0 spiro atoms. The highest BCUT2D eigenvalue weighted by Gasteiger charge is 2.17. The maximum Gasteiger partial charge on any atom is 0.263 e. The molecule has 0 aliphatic rings. The number of aromatic nitrogens is 2. The maximum atomic E-state index is 12.5. The predicted molar refractivity (Wildman–Crippen MR) is 127 cm³/mol. The molecule has 12 heteroatoms. The van der Waals surface area contributed by atoms with Crippen LogP contribution in [0.4, 0.5) is 10.3 Å². The number of benzene rings is 2. The van der Waals surface area contributed by atoms with Crippen LogP contribution in [0.1, 0.15) is 12.1 Å². The van der Waals surface area contributed by atoms with Crippen molar-refractivity contribution in [2.24, 2.45) is 0 Å². The molecule has 0 bridgehead atoms. The summed E-state index contributed by atoms with van der Waals surface area (Å²) >= 11 is 8.48. The number of ether oxygens (including phenoxy) is 1. The van der Waals surface area contributed by atoms with Crippen molar-refractivity contribution in [2.75, 3.05) is 17.1 Å². The predicted octanol–water partition coefficient (Wildman–Crippen LogP) is 4.79. The topological polar surface area (TPSA) is 110 Å². The van der Waals surface area contributed by atoms with E-state index in [1.807, 2.05) is 0 Å². The van der Waals surface area contributed by atoms with Crippen LogP contribution in [0.25, 0.3) is 10.2 Å². The van der Waals surface area contributed by atoms with Gasteiger partial charge in [-0.3, -0.25) is 9.52 Å². The van der Waals surface area contributed by atoms with Gasteiger partial charge in [-0.1, -0.05) is 22.9 Å². The summed E-state index contributed by atoms with van der Waals surface area (Å²) in [6.45, 7) is 0. The van der Waals surface area contributed by atoms with Gasteiger partial charge in [-0.15, -0.1) is 11.3 Å². The zero-order valence-corrected chi connectivity index (χ0v) is 19.9. The van der Waals surface area contributed by atoms with Crippen LogP contribution in [-0.4, -0.2) is 31.4 Å². The zero-order chi connectivity index (χ0) is 22.7. The second-order valence-corrected chi connectivity index (χ2v) is 10.6. The van der Waals surface area contributed by atoms with Crippen LogP contribution in [0.3, 0.4) is 0 Å². The molecule has 0 unspecified atom stereocenters. The summed E-state index contributed by atoms with van der Waals surface area (Å²) in [5.74, 6) is 0.358. The Kier molecular flexibility index (Phi) is 6.60. The number of rotatable bonds is 8. The third kappa shape index (κ3) is 5.36. The summed E-state index contributed by atoms with van der Waals surface area (Å²) in [5, 5.41) is 5.84. The van der Waals surface area contributed by atoms with E-state index in [0.717, 1.165) is 21.6 Å². The molecule has 2 N–H and O–H groups in total. The van der Waals surface area contributed by atoms with Crippen LogP contribution in [0.2, 0.25) is 5.02 Å². The van der Waals surface area contributed by atoms with Crippen LogP contribution in [-0.2, 0) is 21.2 Å². The number of sulfonamides is 1. The molecule has 0 radical (unpaired) electrons. The second-order valence-electron chi connectivity index (χ2n) is 6.60. The Morgan fingerprint density at radius 1 is 1.12 bits per heavy atom. The molecule has 2 aromatic carbocycles. The van der Waals surface area contributed by atoms with Crippen molar-refractivity contribution < 1.29 is 17.9 Å². The van der Waals surface area contributed by atoms with E-state index in [1.165, 1.54) is 30.6 Å². The van der Waals surface area contributed by atoms with E-state index in [-0.39, 0.29) is 22.4 Å². The number of hydrogen-bond donors (Lipinski definition) is 2. The van der Waals surface area contributed by atoms with Crippen molar-refractivity contribution in [3.05, 3.63) is 58.6 Å². The lowest BCUT2D eigenvalue weighted by molar-refractivity contribution is -0.116. The molecule has 0 atom stereocenters. The fourth-order valence-corrected chi connectivity index (χ4v) is 5.93. The van der Waals surface area contributed by atoms with E-state index >= 15 is 0 Å². The van der Waals surface area contributed by atoms with Gasteiger partial charge in [-0.25, -0.2) is 18.4 Å². The third-order valence-electron chi connectivity index (χ3n) is 4.35. The first-order chi connectivity index (χ1) is 15.3. The van der Waals surface area contributed by atoms with Gasteiger partial charge < -0.3 is 10.1 Å². The Balaban J connectivity index is 1.33. The van der Waals surface area contributed by atoms with Crippen molar-refractivity contribution in [3.63, 3.8) is 0 Å². The lowest BCUT2D eigenvalue weighted by atomic mass is 10.2. The molecule has 0 saturated carbocycles. The number of thiazole rings is 2. The molecule has 4 rings (SSSR count). The molecule has 0 saturated heterocycles. The van der Waals surface area contributed by atoms with Crippen molar-refractivity contribution in [3.8, 4) is 5.75 Å². The monoisotopic (exact) mass is 508 g/mol. The van der Waals surface area contributed by atoms with E-state index in [2.05, 4.69) is 20.0 Å². The zero-order valence-electron chi connectivity index (χ0n) is 16.7. The summed E-state index contributed by atoms with van der Waals surface area (Å²) in [6, 6.07) is 11.4. The van der Waals surface area contributed by atoms with Gasteiger partial charge in [0.2, 0.25) is 5.91 Å². The number of carbonyl (C=O) groups excluding carboxylic acids is 1. The molecule has 0 aliphatic heterocycles. The molecular formula is C20H17ClN4O4S3. The summed E-state index contributed by atoms with van der Waals surface area (Å²) in [7, 11) is -2.26. The van der Waals surface area contributed by atoms with E-state index in [0.29, 0.717) is 28.0 Å². The summed E-state index contributed by atoms with van der Waals surface area (Å²) in [4.78, 5) is 21.0. The fraction of sp³-hybridized carbons (Fsp3) is 0.150. The summed E-state index contributed by atoms with van der Waals surface area (Å²) in [6.07, 6.45) is 0.550. The Hall–Kier alpha value is -2.73. The highest BCUT2D eigenvalue weighted by Crippen LogP contribution is 2.28. The lowest BCUT2D eigenvalue weighted by Crippen LogP contribution is -2.13. The van der Waals surface area contributed by atoms with Crippen molar-refractivity contribution in [1.29, 1.82) is 0 Å². The minimum absolute atomic E-state index is 0.103. The first-order valence-electron chi connectivity index (χ1n) is 9.29. The van der Waals surface area contributed by atoms with Crippen LogP contribution in [0, 0.1) is 0 Å². The van der Waals surface area contributed by atoms with Gasteiger partial charge in [-0.2, -0.15) is 0 Å². The number of nitrogens with zero attached hydrogens (tertiary/aromatic N) is 2. The average molecular weight is 509 g/mol. The molecule has 32 heavy (non-hydrogen) atoms. The number of hydrogen-bond acceptors (Lipinski definition) is 8. The Morgan fingerprint density at radius 2 is 1.91 bits per heavy atom. The number of fused-ring (bicyclic) bond motifs is 1. The molecule has 1 amide bonds. The van der Waals surface area contributed by atoms with Crippen LogP contribution >= 0.6 is 34.3 Å². The second kappa shape index (κ2) is 9.41. The van der Waals surface area contributed by atoms with E-state index in [9.17, 15) is 13.2 Å². The number of anilines is 2. The SMILES string of the molecule is COc1ccc(S(=O)(=O)Nc2nc(CCC(=O)Nc3nc4ccc(Cl)cc4s3)cs2)cc1. The van der Waals surface area contributed by atoms with E-state index in [4.69, 9.17) is 16.3 Å². The number of aryl methyl sites for hydroxylation is 1. The number of carbonyl (C=O) groups is 1. The molecule has 166 valence electrons. The molecule has 4 aromatic rings. The van der Waals surface area contributed by atoms with Gasteiger partial charge >= 0.3 is 0 Å². The molecule has 2 aromatic heterocycles. The van der Waals surface area contributed by atoms with E-state index in [1.54, 1.807) is 35.7 Å². The molecule has 0 fully saturated rings. The largest absolute Gasteiger partial charge is 0.497 e. The molecule has 8 nitrogen and oxygen atoms in total. The summed E-state index contributed by atoms with van der Waals surface area (Å²) in [5.41, 5.74) is 1.39. The minimum Gasteiger partial charge on any atom is -0.497 e. The number of nitrogens with one attached hydrogen (secondary N) is 2. The van der Waals surface area contributed by atoms with Gasteiger partial charge in [0, 0.05) is 16.8 Å². The molecular weight excluding hydrogens is 492 g/mol. The maximum absolute atomic E-state index is 12.5. The fourth-order valence-electron chi connectivity index (χ4n) is 2.77. The van der Waals surface area contributed by atoms with Crippen molar-refractivity contribution in [2.45, 2.75) is 17.7 Å². The average Bonchev–Trinajstić information content (AvgIpc) is 3.37. The van der Waals surface area contributed by atoms with Gasteiger partial charge in [0.15, 0.2) is 10.3 Å². The van der Waals surface area contributed by atoms with Gasteiger partial charge in [0.25, 0.3) is 10.0 Å². The standard InChI is InChI=1S/C20H17ClN4O4S3/c1-29-14-4-6-15(7-5-14)32(27,28)25-20-22-13(11-30-20)3-9-18(26)24-19-23-16-8-2-12(21)10-17(16)31-19/h2,4-8,10-11H,3,9H2,1H3,(H,22,25)(H,23,24,26). The number of methoxy groups -OCH3 is 1. The normalized spacial score (nSPS) is 11.4. The Bertz CT molecular complexity index is 1370. The molecule has 2 heterocycles. The van der Waals surface area contributed by atoms with Crippen molar-refractivity contribution >= 4 is 70.7 Å². The Labute approximate surface area is 197 Å². The van der Waals surface area contributed by atoms with Crippen molar-refractivity contribution in [1.82, 2.24) is 9.97 Å². The highest BCUT2D eigenvalue weighted by atomic mass is 35.5. The van der Waals surface area contributed by atoms with Gasteiger partial charge in [0.1, 0.15) is 5.75 Å².